The summed E-state index contributed by atoms with van der Waals surface area (Å²) in [5.74, 6) is 0.871. The summed E-state index contributed by atoms with van der Waals surface area (Å²) < 4.78 is 0. The Hall–Kier alpha value is -1.88. The highest BCUT2D eigenvalue weighted by Gasteiger charge is 2.29. The van der Waals surface area contributed by atoms with Gasteiger partial charge in [0.05, 0.1) is 4.88 Å². The number of thiazole rings is 1. The van der Waals surface area contributed by atoms with Crippen molar-refractivity contribution in [3.63, 3.8) is 0 Å². The molecule has 0 radical (unpaired) electrons. The first-order valence-corrected chi connectivity index (χ1v) is 7.19. The molecule has 98 valence electrons. The van der Waals surface area contributed by atoms with Crippen LogP contribution in [0.4, 0.5) is 10.9 Å². The van der Waals surface area contributed by atoms with Crippen molar-refractivity contribution in [3.05, 3.63) is 40.8 Å². The molecule has 1 aromatic heterocycles. The highest BCUT2D eigenvalue weighted by molar-refractivity contribution is 7.16. The number of benzene rings is 1. The number of carbonyl (C=O) groups is 1. The van der Waals surface area contributed by atoms with Gasteiger partial charge < -0.3 is 10.6 Å². The second-order valence-corrected chi connectivity index (χ2v) is 5.51. The molecule has 1 unspecified atom stereocenters. The molecule has 1 aliphatic heterocycles. The van der Waals surface area contributed by atoms with Gasteiger partial charge in [-0.05, 0) is 12.5 Å². The van der Waals surface area contributed by atoms with Gasteiger partial charge in [0.2, 0.25) is 5.91 Å². The molecule has 0 saturated carbocycles. The van der Waals surface area contributed by atoms with Crippen molar-refractivity contribution in [1.29, 1.82) is 0 Å². The van der Waals surface area contributed by atoms with Crippen molar-refractivity contribution in [3.8, 4) is 0 Å². The molecule has 5 heteroatoms. The number of nitrogens with zero attached hydrogens (tertiary/aromatic N) is 1. The van der Waals surface area contributed by atoms with Crippen LogP contribution in [0.1, 0.15) is 29.7 Å². The Morgan fingerprint density at radius 1 is 1.42 bits per heavy atom. The van der Waals surface area contributed by atoms with Crippen LogP contribution >= 0.6 is 11.3 Å². The summed E-state index contributed by atoms with van der Waals surface area (Å²) in [4.78, 5) is 17.4. The van der Waals surface area contributed by atoms with Crippen molar-refractivity contribution in [1.82, 2.24) is 4.98 Å². The molecule has 2 aromatic rings. The van der Waals surface area contributed by atoms with E-state index in [-0.39, 0.29) is 11.8 Å². The largest absolute Gasteiger partial charge is 0.362 e. The van der Waals surface area contributed by atoms with E-state index < -0.39 is 0 Å². The Bertz CT molecular complexity index is 594. The second-order valence-electron chi connectivity index (χ2n) is 4.48. The predicted molar refractivity (Wildman–Crippen MR) is 77.8 cm³/mol. The highest BCUT2D eigenvalue weighted by atomic mass is 32.1. The Morgan fingerprint density at radius 3 is 2.95 bits per heavy atom. The first-order chi connectivity index (χ1) is 9.28. The smallest absolute Gasteiger partial charge is 0.226 e. The molecule has 2 heterocycles. The van der Waals surface area contributed by atoms with Crippen molar-refractivity contribution >= 4 is 28.2 Å². The molecule has 1 aliphatic rings. The summed E-state index contributed by atoms with van der Waals surface area (Å²) in [5, 5.41) is 6.94. The topological polar surface area (TPSA) is 54.0 Å². The maximum absolute atomic E-state index is 11.8. The van der Waals surface area contributed by atoms with Crippen LogP contribution in [0.5, 0.6) is 0 Å². The van der Waals surface area contributed by atoms with E-state index in [1.807, 2.05) is 25.1 Å². The van der Waals surface area contributed by atoms with Gasteiger partial charge in [0, 0.05) is 18.9 Å². The Morgan fingerprint density at radius 2 is 2.21 bits per heavy atom. The molecule has 0 aliphatic carbocycles. The summed E-state index contributed by atoms with van der Waals surface area (Å²) in [6.45, 7) is 2.87. The zero-order chi connectivity index (χ0) is 13.2. The standard InChI is InChI=1S/C14H15N3OS/c1-2-15-14-17-13-12(19-14)10(8-11(18)16-13)9-6-4-3-5-7-9/h3-7,10H,2,8H2,1H3,(H,15,17)(H,16,18). The summed E-state index contributed by atoms with van der Waals surface area (Å²) in [7, 11) is 0. The fourth-order valence-corrected chi connectivity index (χ4v) is 3.42. The van der Waals surface area contributed by atoms with Crippen LogP contribution in [0.15, 0.2) is 30.3 Å². The van der Waals surface area contributed by atoms with Crippen LogP contribution in [0, 0.1) is 0 Å². The molecule has 3 rings (SSSR count). The Labute approximate surface area is 115 Å². The molecule has 1 amide bonds. The van der Waals surface area contributed by atoms with E-state index in [2.05, 4.69) is 27.8 Å². The minimum Gasteiger partial charge on any atom is -0.362 e. The van der Waals surface area contributed by atoms with Crippen molar-refractivity contribution in [2.45, 2.75) is 19.3 Å². The monoisotopic (exact) mass is 273 g/mol. The van der Waals surface area contributed by atoms with Crippen LogP contribution < -0.4 is 10.6 Å². The van der Waals surface area contributed by atoms with Crippen molar-refractivity contribution in [2.75, 3.05) is 17.2 Å². The fraction of sp³-hybridized carbons (Fsp3) is 0.286. The Kier molecular flexibility index (Phi) is 3.21. The van der Waals surface area contributed by atoms with Crippen LogP contribution in [0.3, 0.4) is 0 Å². The van der Waals surface area contributed by atoms with Crippen molar-refractivity contribution < 1.29 is 4.79 Å². The number of nitrogens with one attached hydrogen (secondary N) is 2. The van der Waals surface area contributed by atoms with Gasteiger partial charge in [0.15, 0.2) is 5.13 Å². The normalized spacial score (nSPS) is 17.7. The van der Waals surface area contributed by atoms with Crippen LogP contribution in [0.2, 0.25) is 0 Å². The lowest BCUT2D eigenvalue weighted by Gasteiger charge is -2.21. The van der Waals surface area contributed by atoms with E-state index in [9.17, 15) is 4.79 Å². The molecular formula is C14H15N3OS. The molecule has 0 spiro atoms. The first-order valence-electron chi connectivity index (χ1n) is 6.37. The summed E-state index contributed by atoms with van der Waals surface area (Å²) in [5.41, 5.74) is 1.17. The number of hydrogen-bond donors (Lipinski definition) is 2. The van der Waals surface area contributed by atoms with E-state index in [0.717, 1.165) is 16.6 Å². The molecular weight excluding hydrogens is 258 g/mol. The third-order valence-corrected chi connectivity index (χ3v) is 4.27. The van der Waals surface area contributed by atoms with Crippen LogP contribution in [-0.2, 0) is 4.79 Å². The fourth-order valence-electron chi connectivity index (χ4n) is 2.30. The third kappa shape index (κ3) is 2.33. The average molecular weight is 273 g/mol. The van der Waals surface area contributed by atoms with Crippen molar-refractivity contribution in [2.24, 2.45) is 0 Å². The van der Waals surface area contributed by atoms with Gasteiger partial charge in [0.25, 0.3) is 0 Å². The molecule has 19 heavy (non-hydrogen) atoms. The zero-order valence-corrected chi connectivity index (χ0v) is 11.5. The Balaban J connectivity index is 2.01. The van der Waals surface area contributed by atoms with Gasteiger partial charge in [-0.15, -0.1) is 0 Å². The lowest BCUT2D eigenvalue weighted by atomic mass is 9.92. The van der Waals surface area contributed by atoms with E-state index in [4.69, 9.17) is 0 Å². The minimum atomic E-state index is 0.0368. The average Bonchev–Trinajstić information content (AvgIpc) is 2.81. The van der Waals surface area contributed by atoms with E-state index in [1.54, 1.807) is 11.3 Å². The molecule has 2 N–H and O–H groups in total. The maximum atomic E-state index is 11.8. The van der Waals surface area contributed by atoms with E-state index in [0.29, 0.717) is 12.2 Å². The van der Waals surface area contributed by atoms with Gasteiger partial charge in [-0.2, -0.15) is 0 Å². The van der Waals surface area contributed by atoms with Gasteiger partial charge >= 0.3 is 0 Å². The number of carbonyl (C=O) groups excluding carboxylic acids is 1. The molecule has 0 fully saturated rings. The molecule has 1 aromatic carbocycles. The number of fused-ring (bicyclic) bond motifs is 1. The molecule has 0 saturated heterocycles. The highest BCUT2D eigenvalue weighted by Crippen LogP contribution is 2.41. The van der Waals surface area contributed by atoms with Crippen LogP contribution in [0.25, 0.3) is 0 Å². The van der Waals surface area contributed by atoms with E-state index in [1.165, 1.54) is 5.56 Å². The van der Waals surface area contributed by atoms with Gasteiger partial charge in [-0.1, -0.05) is 41.7 Å². The number of rotatable bonds is 3. The first kappa shape index (κ1) is 12.2. The van der Waals surface area contributed by atoms with Gasteiger partial charge in [0.1, 0.15) is 5.82 Å². The molecule has 4 nitrogen and oxygen atoms in total. The predicted octanol–water partition coefficient (Wildman–Crippen LogP) is 3.05. The molecule has 0 bridgehead atoms. The summed E-state index contributed by atoms with van der Waals surface area (Å²) in [6.07, 6.45) is 0.491. The number of hydrogen-bond acceptors (Lipinski definition) is 4. The SMILES string of the molecule is CCNc1nc2c(s1)C(c1ccccc1)CC(=O)N2. The lowest BCUT2D eigenvalue weighted by Crippen LogP contribution is -2.22. The van der Waals surface area contributed by atoms with Gasteiger partial charge in [-0.3, -0.25) is 4.79 Å². The molecule has 1 atom stereocenters. The third-order valence-electron chi connectivity index (χ3n) is 3.15. The number of aromatic nitrogens is 1. The number of amides is 1. The maximum Gasteiger partial charge on any atom is 0.226 e. The zero-order valence-electron chi connectivity index (χ0n) is 10.6. The van der Waals surface area contributed by atoms with E-state index >= 15 is 0 Å². The summed E-state index contributed by atoms with van der Waals surface area (Å²) >= 11 is 1.63. The summed E-state index contributed by atoms with van der Waals surface area (Å²) in [6, 6.07) is 10.1. The quantitative estimate of drug-likeness (QED) is 0.903. The lowest BCUT2D eigenvalue weighted by molar-refractivity contribution is -0.116. The minimum absolute atomic E-state index is 0.0368. The van der Waals surface area contributed by atoms with Gasteiger partial charge in [-0.25, -0.2) is 4.98 Å². The number of anilines is 2. The van der Waals surface area contributed by atoms with Crippen LogP contribution in [-0.4, -0.2) is 17.4 Å². The second kappa shape index (κ2) is 5.01.